The Morgan fingerprint density at radius 3 is 2.56 bits per heavy atom. The Labute approximate surface area is 190 Å². The summed E-state index contributed by atoms with van der Waals surface area (Å²) < 4.78 is 28.4. The summed E-state index contributed by atoms with van der Waals surface area (Å²) in [6.07, 6.45) is 3.32. The van der Waals surface area contributed by atoms with Crippen LogP contribution in [0.25, 0.3) is 10.9 Å². The molecule has 1 aromatic heterocycles. The van der Waals surface area contributed by atoms with Gasteiger partial charge < -0.3 is 14.8 Å². The second kappa shape index (κ2) is 8.97. The first-order valence-electron chi connectivity index (χ1n) is 10.1. The minimum Gasteiger partial charge on any atom is -0.360 e. The van der Waals surface area contributed by atoms with Crippen molar-refractivity contribution >= 4 is 44.3 Å². The van der Waals surface area contributed by atoms with E-state index in [0.29, 0.717) is 24.3 Å². The second-order valence-electron chi connectivity index (χ2n) is 7.67. The molecule has 1 fully saturated rings. The number of anilines is 1. The van der Waals surface area contributed by atoms with Crippen LogP contribution in [0.5, 0.6) is 0 Å². The van der Waals surface area contributed by atoms with Gasteiger partial charge in [0.05, 0.1) is 4.90 Å². The molecule has 0 spiro atoms. The molecule has 168 valence electrons. The molecule has 1 saturated heterocycles. The number of nitrogens with zero attached hydrogens (tertiary/aromatic N) is 2. The number of hydrogen-bond acceptors (Lipinski definition) is 6. The lowest BCUT2D eigenvalue weighted by Gasteiger charge is -2.32. The first kappa shape index (κ1) is 22.4. The number of carbonyl (C=O) groups excluding carboxylic acids is 1. The van der Waals surface area contributed by atoms with Gasteiger partial charge in [0.2, 0.25) is 5.43 Å². The van der Waals surface area contributed by atoms with Gasteiger partial charge >= 0.3 is 0 Å². The molecule has 2 N–H and O–H groups in total. The Morgan fingerprint density at radius 2 is 1.84 bits per heavy atom. The number of aromatic nitrogens is 1. The van der Waals surface area contributed by atoms with Crippen molar-refractivity contribution in [2.45, 2.75) is 9.79 Å². The Kier molecular flexibility index (Phi) is 6.27. The molecule has 8 nitrogen and oxygen atoms in total. The zero-order valence-corrected chi connectivity index (χ0v) is 19.4. The molecule has 0 saturated carbocycles. The topological polar surface area (TPSA) is 103 Å². The van der Waals surface area contributed by atoms with E-state index in [4.69, 9.17) is 0 Å². The zero-order chi connectivity index (χ0) is 22.9. The summed E-state index contributed by atoms with van der Waals surface area (Å²) in [4.78, 5) is 33.6. The quantitative estimate of drug-likeness (QED) is 0.553. The summed E-state index contributed by atoms with van der Waals surface area (Å²) in [6.45, 7) is 2.56. The first-order valence-corrected chi connectivity index (χ1v) is 12.8. The molecular formula is C22H24N4O4S2. The van der Waals surface area contributed by atoms with Crippen LogP contribution in [0.3, 0.4) is 0 Å². The lowest BCUT2D eigenvalue weighted by molar-refractivity contribution is 0.0662. The van der Waals surface area contributed by atoms with Crippen molar-refractivity contribution in [3.8, 4) is 0 Å². The van der Waals surface area contributed by atoms with Crippen LogP contribution < -0.4 is 10.2 Å². The minimum absolute atomic E-state index is 0.0113. The Bertz CT molecular complexity index is 1330. The maximum Gasteiger partial charge on any atom is 0.261 e. The molecule has 0 unspecified atom stereocenters. The van der Waals surface area contributed by atoms with E-state index in [2.05, 4.69) is 14.6 Å². The summed E-state index contributed by atoms with van der Waals surface area (Å²) >= 11 is 1.51. The molecule has 1 aliphatic heterocycles. The number of fused-ring (bicyclic) bond motifs is 1. The summed E-state index contributed by atoms with van der Waals surface area (Å²) in [7, 11) is -1.94. The van der Waals surface area contributed by atoms with Gasteiger partial charge in [0, 0.05) is 53.9 Å². The fourth-order valence-electron chi connectivity index (χ4n) is 3.60. The number of amides is 1. The van der Waals surface area contributed by atoms with Gasteiger partial charge in [-0.3, -0.25) is 14.3 Å². The summed E-state index contributed by atoms with van der Waals surface area (Å²) in [5.74, 6) is -0.346. The summed E-state index contributed by atoms with van der Waals surface area (Å²) in [6, 6.07) is 11.3. The normalized spacial score (nSPS) is 15.1. The standard InChI is InChI=1S/C22H24N4O4S2/c1-25-8-10-26(11-9-25)22(28)19-14-23-20-7-6-17(13-18(20)21(19)27)32(29,30)24-15-4-3-5-16(12-15)31-2/h3-7,12-14,24H,8-11H2,1-2H3,(H,23,27). The summed E-state index contributed by atoms with van der Waals surface area (Å²) in [5, 5.41) is 0.158. The molecule has 0 bridgehead atoms. The van der Waals surface area contributed by atoms with Crippen LogP contribution in [-0.2, 0) is 10.0 Å². The predicted octanol–water partition coefficient (Wildman–Crippen LogP) is 2.44. The molecule has 10 heteroatoms. The lowest BCUT2D eigenvalue weighted by atomic mass is 10.1. The zero-order valence-electron chi connectivity index (χ0n) is 17.8. The third kappa shape index (κ3) is 4.52. The number of sulfonamides is 1. The van der Waals surface area contributed by atoms with Crippen LogP contribution >= 0.6 is 11.8 Å². The van der Waals surface area contributed by atoms with Crippen molar-refractivity contribution in [3.05, 3.63) is 64.4 Å². The number of H-pyrrole nitrogens is 1. The van der Waals surface area contributed by atoms with Crippen molar-refractivity contribution in [2.75, 3.05) is 44.2 Å². The van der Waals surface area contributed by atoms with Gasteiger partial charge in [0.25, 0.3) is 15.9 Å². The van der Waals surface area contributed by atoms with Crippen molar-refractivity contribution < 1.29 is 13.2 Å². The SMILES string of the molecule is CSc1cccc(NS(=O)(=O)c2ccc3[nH]cc(C(=O)N4CCN(C)CC4)c(=O)c3c2)c1. The van der Waals surface area contributed by atoms with Gasteiger partial charge in [-0.25, -0.2) is 8.42 Å². The van der Waals surface area contributed by atoms with Crippen molar-refractivity contribution in [2.24, 2.45) is 0 Å². The number of aromatic amines is 1. The van der Waals surface area contributed by atoms with Gasteiger partial charge in [-0.15, -0.1) is 11.8 Å². The fourth-order valence-corrected chi connectivity index (χ4v) is 5.14. The van der Waals surface area contributed by atoms with E-state index in [1.165, 1.54) is 36.2 Å². The van der Waals surface area contributed by atoms with Crippen LogP contribution in [0.4, 0.5) is 5.69 Å². The molecule has 0 aliphatic carbocycles. The maximum atomic E-state index is 13.1. The van der Waals surface area contributed by atoms with Crippen LogP contribution in [0.15, 0.2) is 63.2 Å². The molecule has 1 aliphatic rings. The van der Waals surface area contributed by atoms with Crippen LogP contribution in [0, 0.1) is 0 Å². The van der Waals surface area contributed by atoms with Gasteiger partial charge in [-0.05, 0) is 49.7 Å². The van der Waals surface area contributed by atoms with Gasteiger partial charge in [-0.1, -0.05) is 6.07 Å². The molecule has 1 amide bonds. The van der Waals surface area contributed by atoms with E-state index >= 15 is 0 Å². The molecule has 3 aromatic rings. The molecule has 0 radical (unpaired) electrons. The number of pyridine rings is 1. The highest BCUT2D eigenvalue weighted by atomic mass is 32.2. The third-order valence-corrected chi connectivity index (χ3v) is 7.61. The number of benzene rings is 2. The largest absolute Gasteiger partial charge is 0.360 e. The number of rotatable bonds is 5. The predicted molar refractivity (Wildman–Crippen MR) is 127 cm³/mol. The lowest BCUT2D eigenvalue weighted by Crippen LogP contribution is -2.48. The number of likely N-dealkylation sites (N-methyl/N-ethyl adjacent to an activating group) is 1. The number of carbonyl (C=O) groups is 1. The summed E-state index contributed by atoms with van der Waals surface area (Å²) in [5.41, 5.74) is 0.430. The van der Waals surface area contributed by atoms with Crippen molar-refractivity contribution in [3.63, 3.8) is 0 Å². The fraction of sp³-hybridized carbons (Fsp3) is 0.273. The van der Waals surface area contributed by atoms with Crippen LogP contribution in [-0.4, -0.2) is 68.6 Å². The number of hydrogen-bond donors (Lipinski definition) is 2. The highest BCUT2D eigenvalue weighted by molar-refractivity contribution is 7.98. The Morgan fingerprint density at radius 1 is 1.09 bits per heavy atom. The molecular weight excluding hydrogens is 448 g/mol. The number of thioether (sulfide) groups is 1. The molecule has 2 heterocycles. The van der Waals surface area contributed by atoms with Crippen molar-refractivity contribution in [1.82, 2.24) is 14.8 Å². The first-order chi connectivity index (χ1) is 15.3. The second-order valence-corrected chi connectivity index (χ2v) is 10.2. The van der Waals surface area contributed by atoms with E-state index in [0.717, 1.165) is 18.0 Å². The Hall–Kier alpha value is -2.82. The van der Waals surface area contributed by atoms with E-state index in [-0.39, 0.29) is 21.8 Å². The third-order valence-electron chi connectivity index (χ3n) is 5.51. The monoisotopic (exact) mass is 472 g/mol. The van der Waals surface area contributed by atoms with E-state index in [9.17, 15) is 18.0 Å². The van der Waals surface area contributed by atoms with Gasteiger partial charge in [0.15, 0.2) is 0 Å². The molecule has 0 atom stereocenters. The van der Waals surface area contributed by atoms with Crippen molar-refractivity contribution in [1.29, 1.82) is 0 Å². The maximum absolute atomic E-state index is 13.1. The van der Waals surface area contributed by atoms with Gasteiger partial charge in [0.1, 0.15) is 5.56 Å². The average Bonchev–Trinajstić information content (AvgIpc) is 2.79. The number of piperazine rings is 1. The smallest absolute Gasteiger partial charge is 0.261 e. The molecule has 32 heavy (non-hydrogen) atoms. The van der Waals surface area contributed by atoms with Crippen LogP contribution in [0.1, 0.15) is 10.4 Å². The minimum atomic E-state index is -3.92. The van der Waals surface area contributed by atoms with Crippen LogP contribution in [0.2, 0.25) is 0 Å². The number of nitrogens with one attached hydrogen (secondary N) is 2. The van der Waals surface area contributed by atoms with E-state index < -0.39 is 15.5 Å². The molecule has 2 aromatic carbocycles. The Balaban J connectivity index is 1.67. The highest BCUT2D eigenvalue weighted by Gasteiger charge is 2.24. The average molecular weight is 473 g/mol. The molecule has 4 rings (SSSR count). The van der Waals surface area contributed by atoms with E-state index in [1.54, 1.807) is 23.1 Å². The van der Waals surface area contributed by atoms with Gasteiger partial charge in [-0.2, -0.15) is 0 Å². The highest BCUT2D eigenvalue weighted by Crippen LogP contribution is 2.23. The van der Waals surface area contributed by atoms with E-state index in [1.807, 2.05) is 19.4 Å².